The van der Waals surface area contributed by atoms with Gasteiger partial charge in [0.25, 0.3) is 0 Å². The van der Waals surface area contributed by atoms with Crippen LogP contribution in [0.25, 0.3) is 0 Å². The monoisotopic (exact) mass is 224 g/mol. The fraction of sp³-hybridized carbons (Fsp3) is 0.125. The Morgan fingerprint density at radius 3 is 2.40 bits per heavy atom. The van der Waals surface area contributed by atoms with Crippen molar-refractivity contribution < 1.29 is 32.2 Å². The molecule has 0 atom stereocenters. The second-order valence-electron chi connectivity index (χ2n) is 2.50. The summed E-state index contributed by atoms with van der Waals surface area (Å²) in [5.74, 6) is -6.00. The third kappa shape index (κ3) is 2.58. The van der Waals surface area contributed by atoms with Gasteiger partial charge in [-0.2, -0.15) is 8.78 Å². The molecule has 1 aromatic carbocycles. The molecule has 0 fully saturated rings. The summed E-state index contributed by atoms with van der Waals surface area (Å²) in [6.45, 7) is 0. The van der Waals surface area contributed by atoms with Crippen LogP contribution < -0.4 is 4.74 Å². The number of rotatable bonds is 3. The maximum absolute atomic E-state index is 12.8. The lowest BCUT2D eigenvalue weighted by atomic mass is 10.3. The van der Waals surface area contributed by atoms with Crippen LogP contribution in [0.3, 0.4) is 0 Å². The molecule has 1 aromatic rings. The molecule has 0 radical (unpaired) electrons. The molecule has 0 aliphatic rings. The largest absolute Gasteiger partial charge is 0.502 e. The van der Waals surface area contributed by atoms with Crippen molar-refractivity contribution in [1.82, 2.24) is 0 Å². The smallest absolute Gasteiger partial charge is 0.474 e. The van der Waals surface area contributed by atoms with Gasteiger partial charge < -0.3 is 9.84 Å². The van der Waals surface area contributed by atoms with E-state index >= 15 is 0 Å². The molecule has 0 aliphatic heterocycles. The molecule has 3 nitrogen and oxygen atoms in total. The van der Waals surface area contributed by atoms with Crippen LogP contribution in [0.1, 0.15) is 0 Å². The van der Waals surface area contributed by atoms with Crippen molar-refractivity contribution in [1.29, 1.82) is 0 Å². The van der Waals surface area contributed by atoms with Gasteiger partial charge in [-0.15, -0.1) is 0 Å². The average molecular weight is 224 g/mol. The number of carboxylic acid groups (broad SMARTS) is 1. The molecule has 0 aromatic heterocycles. The standard InChI is InChI=1S/C8H4F4O3/c9-4-1-2-6(5(10)3-4)15-8(11,12)7(13)14/h1-3H,(H,13,14). The van der Waals surface area contributed by atoms with E-state index < -0.39 is 29.5 Å². The highest BCUT2D eigenvalue weighted by Gasteiger charge is 2.43. The summed E-state index contributed by atoms with van der Waals surface area (Å²) in [5.41, 5.74) is 0. The minimum atomic E-state index is -4.56. The summed E-state index contributed by atoms with van der Waals surface area (Å²) < 4.78 is 53.5. The number of ether oxygens (including phenoxy) is 1. The number of hydrogen-bond donors (Lipinski definition) is 1. The van der Waals surface area contributed by atoms with Crippen LogP contribution in [0.2, 0.25) is 0 Å². The summed E-state index contributed by atoms with van der Waals surface area (Å²) in [5, 5.41) is 7.98. The second kappa shape index (κ2) is 3.76. The summed E-state index contributed by atoms with van der Waals surface area (Å²) >= 11 is 0. The summed E-state index contributed by atoms with van der Waals surface area (Å²) in [6, 6.07) is 1.53. The lowest BCUT2D eigenvalue weighted by Crippen LogP contribution is -2.35. The number of carbonyl (C=O) groups is 1. The van der Waals surface area contributed by atoms with Gasteiger partial charge >= 0.3 is 12.1 Å². The van der Waals surface area contributed by atoms with Crippen molar-refractivity contribution in [2.75, 3.05) is 0 Å². The van der Waals surface area contributed by atoms with Gasteiger partial charge in [0.1, 0.15) is 5.82 Å². The van der Waals surface area contributed by atoms with E-state index in [9.17, 15) is 22.4 Å². The van der Waals surface area contributed by atoms with Crippen LogP contribution >= 0.6 is 0 Å². The van der Waals surface area contributed by atoms with Gasteiger partial charge in [-0.05, 0) is 12.1 Å². The molecule has 0 saturated heterocycles. The molecule has 0 spiro atoms. The van der Waals surface area contributed by atoms with Crippen molar-refractivity contribution in [3.05, 3.63) is 29.8 Å². The predicted octanol–water partition coefficient (Wildman–Crippen LogP) is 2.02. The Bertz CT molecular complexity index is 391. The Morgan fingerprint density at radius 1 is 1.33 bits per heavy atom. The molecule has 0 amide bonds. The Hall–Kier alpha value is -1.79. The maximum atomic E-state index is 12.8. The zero-order valence-corrected chi connectivity index (χ0v) is 7.01. The van der Waals surface area contributed by atoms with Gasteiger partial charge in [-0.1, -0.05) is 0 Å². The van der Waals surface area contributed by atoms with E-state index in [0.29, 0.717) is 18.2 Å². The van der Waals surface area contributed by atoms with Crippen LogP contribution in [-0.4, -0.2) is 17.2 Å². The SMILES string of the molecule is O=C(O)C(F)(F)Oc1ccc(F)cc1F. The number of aliphatic carboxylic acids is 1. The molecule has 1 rings (SSSR count). The van der Waals surface area contributed by atoms with Gasteiger partial charge in [0, 0.05) is 6.07 Å². The summed E-state index contributed by atoms with van der Waals surface area (Å²) in [6.07, 6.45) is -4.56. The highest BCUT2D eigenvalue weighted by atomic mass is 19.3. The van der Waals surface area contributed by atoms with Crippen molar-refractivity contribution in [2.45, 2.75) is 6.11 Å². The van der Waals surface area contributed by atoms with E-state index in [1.165, 1.54) is 0 Å². The van der Waals surface area contributed by atoms with Crippen molar-refractivity contribution in [2.24, 2.45) is 0 Å². The molecule has 0 heterocycles. The first-order chi connectivity index (χ1) is 6.83. The number of halogens is 4. The zero-order chi connectivity index (χ0) is 11.6. The van der Waals surface area contributed by atoms with Crippen LogP contribution in [0.15, 0.2) is 18.2 Å². The van der Waals surface area contributed by atoms with E-state index in [-0.39, 0.29) is 0 Å². The molecular weight excluding hydrogens is 220 g/mol. The van der Waals surface area contributed by atoms with Gasteiger partial charge in [0.2, 0.25) is 0 Å². The Labute approximate surface area is 80.9 Å². The molecule has 0 bridgehead atoms. The fourth-order valence-electron chi connectivity index (χ4n) is 0.740. The third-order valence-electron chi connectivity index (χ3n) is 1.38. The van der Waals surface area contributed by atoms with E-state index in [0.717, 1.165) is 0 Å². The van der Waals surface area contributed by atoms with Gasteiger partial charge in [0.15, 0.2) is 11.6 Å². The molecule has 82 valence electrons. The Kier molecular flexibility index (Phi) is 2.83. The molecule has 0 unspecified atom stereocenters. The van der Waals surface area contributed by atoms with Gasteiger partial charge in [0.05, 0.1) is 0 Å². The number of hydrogen-bond acceptors (Lipinski definition) is 2. The van der Waals surface area contributed by atoms with Crippen molar-refractivity contribution >= 4 is 5.97 Å². The highest BCUT2D eigenvalue weighted by Crippen LogP contribution is 2.25. The zero-order valence-electron chi connectivity index (χ0n) is 7.01. The topological polar surface area (TPSA) is 46.5 Å². The third-order valence-corrected chi connectivity index (χ3v) is 1.38. The Balaban J connectivity index is 2.95. The quantitative estimate of drug-likeness (QED) is 0.799. The molecule has 15 heavy (non-hydrogen) atoms. The Morgan fingerprint density at radius 2 is 1.93 bits per heavy atom. The predicted molar refractivity (Wildman–Crippen MR) is 39.6 cm³/mol. The van der Waals surface area contributed by atoms with Crippen LogP contribution in [0, 0.1) is 11.6 Å². The molecule has 0 saturated carbocycles. The van der Waals surface area contributed by atoms with Crippen LogP contribution in [0.4, 0.5) is 17.6 Å². The van der Waals surface area contributed by atoms with Gasteiger partial charge in [-0.3, -0.25) is 0 Å². The van der Waals surface area contributed by atoms with Crippen LogP contribution in [-0.2, 0) is 4.79 Å². The first-order valence-corrected chi connectivity index (χ1v) is 3.58. The lowest BCUT2D eigenvalue weighted by Gasteiger charge is -2.13. The first-order valence-electron chi connectivity index (χ1n) is 3.58. The second-order valence-corrected chi connectivity index (χ2v) is 2.50. The first kappa shape index (κ1) is 11.3. The van der Waals surface area contributed by atoms with Crippen molar-refractivity contribution in [3.8, 4) is 5.75 Å². The minimum absolute atomic E-state index is 0.299. The van der Waals surface area contributed by atoms with Crippen LogP contribution in [0.5, 0.6) is 5.75 Å². The number of carboxylic acids is 1. The van der Waals surface area contributed by atoms with Gasteiger partial charge in [-0.25, -0.2) is 13.6 Å². The lowest BCUT2D eigenvalue weighted by molar-refractivity contribution is -0.211. The summed E-state index contributed by atoms with van der Waals surface area (Å²) in [4.78, 5) is 9.93. The molecule has 0 aliphatic carbocycles. The van der Waals surface area contributed by atoms with E-state index in [2.05, 4.69) is 4.74 Å². The van der Waals surface area contributed by atoms with Crippen molar-refractivity contribution in [3.63, 3.8) is 0 Å². The fourth-order valence-corrected chi connectivity index (χ4v) is 0.740. The molecule has 7 heteroatoms. The van der Waals surface area contributed by atoms with E-state index in [4.69, 9.17) is 5.11 Å². The highest BCUT2D eigenvalue weighted by molar-refractivity contribution is 5.73. The van der Waals surface area contributed by atoms with E-state index in [1.54, 1.807) is 0 Å². The molecule has 1 N–H and O–H groups in total. The normalized spacial score (nSPS) is 11.2. The average Bonchev–Trinajstić information content (AvgIpc) is 2.09. The number of alkyl halides is 2. The van der Waals surface area contributed by atoms with E-state index in [1.807, 2.05) is 0 Å². The summed E-state index contributed by atoms with van der Waals surface area (Å²) in [7, 11) is 0. The molecular formula is C8H4F4O3. The number of benzene rings is 1. The maximum Gasteiger partial charge on any atom is 0.502 e. The minimum Gasteiger partial charge on any atom is -0.474 e.